The summed E-state index contributed by atoms with van der Waals surface area (Å²) in [6.45, 7) is -3.00. The normalized spacial score (nSPS) is 12.0. The second-order valence-electron chi connectivity index (χ2n) is 9.03. The molecule has 2 aromatic heterocycles. The van der Waals surface area contributed by atoms with Crippen LogP contribution in [0.4, 0.5) is 32.0 Å². The summed E-state index contributed by atoms with van der Waals surface area (Å²) in [5.74, 6) is 0. The lowest BCUT2D eigenvalue weighted by Crippen LogP contribution is -2.31. The van der Waals surface area contributed by atoms with Gasteiger partial charge in [0.2, 0.25) is 0 Å². The Labute approximate surface area is 255 Å². The Morgan fingerprint density at radius 1 is 0.795 bits per heavy atom. The number of hydrogen-bond acceptors (Lipinski definition) is 8. The molecule has 0 aliphatic carbocycles. The monoisotopic (exact) mass is 681 g/mol. The van der Waals surface area contributed by atoms with Crippen molar-refractivity contribution < 1.29 is 34.8 Å². The summed E-state index contributed by atoms with van der Waals surface area (Å²) >= 11 is 7.44. The molecule has 0 fully saturated rings. The molecule has 2 heterocycles. The maximum absolute atomic E-state index is 12.3. The third-order valence-electron chi connectivity index (χ3n) is 5.72. The summed E-state index contributed by atoms with van der Waals surface area (Å²) in [5.41, 5.74) is 4.63. The van der Waals surface area contributed by atoms with Crippen LogP contribution in [-0.2, 0) is 22.9 Å². The first-order chi connectivity index (χ1) is 20.3. The van der Waals surface area contributed by atoms with Gasteiger partial charge >= 0.3 is 12.4 Å². The van der Waals surface area contributed by atoms with Gasteiger partial charge in [0.1, 0.15) is 23.8 Å². The molecule has 0 bridgehead atoms. The van der Waals surface area contributed by atoms with Gasteiger partial charge in [0.05, 0.1) is 17.3 Å². The fourth-order valence-corrected chi connectivity index (χ4v) is 4.91. The first kappa shape index (κ1) is 34.7. The highest BCUT2D eigenvalue weighted by Crippen LogP contribution is 2.27. The molecule has 0 saturated heterocycles. The van der Waals surface area contributed by atoms with E-state index in [9.17, 15) is 44.3 Å². The highest BCUT2D eigenvalue weighted by atomic mass is 35.5. The van der Waals surface area contributed by atoms with Crippen LogP contribution in [0, 0.1) is 0 Å². The Morgan fingerprint density at radius 2 is 1.23 bits per heavy atom. The van der Waals surface area contributed by atoms with Gasteiger partial charge in [-0.05, 0) is 41.6 Å². The topological polar surface area (TPSA) is 130 Å². The van der Waals surface area contributed by atoms with E-state index in [1.807, 2.05) is 18.4 Å². The lowest BCUT2D eigenvalue weighted by atomic mass is 10.1. The number of alkyl halides is 6. The van der Waals surface area contributed by atoms with Gasteiger partial charge in [-0.25, -0.2) is 17.8 Å². The molecule has 4 aromatic rings. The van der Waals surface area contributed by atoms with E-state index in [0.717, 1.165) is 17.3 Å². The molecule has 9 nitrogen and oxygen atoms in total. The van der Waals surface area contributed by atoms with Crippen molar-refractivity contribution in [2.24, 2.45) is 0 Å². The largest absolute Gasteiger partial charge is 0.408 e. The number of hydrogen-bond donors (Lipinski definition) is 1. The molecule has 0 amide bonds. The molecule has 0 atom stereocenters. The number of benzene rings is 2. The zero-order chi connectivity index (χ0) is 33.0. The van der Waals surface area contributed by atoms with Gasteiger partial charge in [-0.15, -0.1) is 11.8 Å². The molecule has 0 saturated carbocycles. The number of sulfone groups is 1. The second-order valence-corrected chi connectivity index (χ2v) is 12.3. The Morgan fingerprint density at radius 3 is 1.68 bits per heavy atom. The third kappa shape index (κ3) is 9.09. The minimum atomic E-state index is -4.60. The van der Waals surface area contributed by atoms with Crippen molar-refractivity contribution in [2.45, 2.75) is 35.2 Å². The molecule has 0 aliphatic heterocycles. The zero-order valence-electron chi connectivity index (χ0n) is 22.6. The highest BCUT2D eigenvalue weighted by molar-refractivity contribution is 7.98. The van der Waals surface area contributed by atoms with Crippen LogP contribution in [0.2, 0.25) is 5.02 Å². The Kier molecular flexibility index (Phi) is 10.6. The summed E-state index contributed by atoms with van der Waals surface area (Å²) in [6, 6.07) is 12.6. The molecule has 0 spiro atoms. The van der Waals surface area contributed by atoms with E-state index in [0.29, 0.717) is 21.4 Å². The SMILES string of the molecule is CS(=O)(=O)c1ccc(-c2cnn(CC(F)(F)F)c(=O)c2N)cc1.CSc1ccc(-c2cnn(CC(F)(F)F)c(=O)c2Cl)cc1. The number of aromatic nitrogens is 4. The Bertz CT molecular complexity index is 1860. The molecule has 2 aromatic carbocycles. The molecule has 44 heavy (non-hydrogen) atoms. The molecule has 0 radical (unpaired) electrons. The third-order valence-corrected chi connectivity index (χ3v) is 7.96. The van der Waals surface area contributed by atoms with E-state index in [1.165, 1.54) is 30.5 Å². The van der Waals surface area contributed by atoms with Crippen molar-refractivity contribution in [2.75, 3.05) is 18.2 Å². The highest BCUT2D eigenvalue weighted by Gasteiger charge is 2.30. The standard InChI is InChI=1S/C13H10ClF3N2OS.C13H12F3N3O3S/c1-21-9-4-2-8(3-5-9)10-6-18-19(7-13(15,16)17)12(20)11(10)14;1-23(21,22)9-4-2-8(3-5-9)10-6-18-19(7-13(14,15)16)12(20)11(10)17/h2-6H,7H2,1H3;2-6H,7,17H2,1H3. The summed E-state index contributed by atoms with van der Waals surface area (Å²) in [6.07, 6.45) is -3.96. The van der Waals surface area contributed by atoms with Crippen molar-refractivity contribution in [3.63, 3.8) is 0 Å². The number of nitrogen functional groups attached to an aromatic ring is 1. The van der Waals surface area contributed by atoms with Crippen LogP contribution in [0.3, 0.4) is 0 Å². The van der Waals surface area contributed by atoms with E-state index < -0.39 is 52.1 Å². The minimum absolute atomic E-state index is 0.0678. The number of rotatable bonds is 6. The van der Waals surface area contributed by atoms with Crippen LogP contribution in [0.25, 0.3) is 22.3 Å². The van der Waals surface area contributed by atoms with E-state index in [2.05, 4.69) is 10.2 Å². The Hall–Kier alpha value is -3.83. The lowest BCUT2D eigenvalue weighted by molar-refractivity contribution is -0.144. The molecular formula is C26H22ClF6N5O4S2. The Balaban J connectivity index is 0.000000241. The fourth-order valence-electron chi connectivity index (χ4n) is 3.62. The van der Waals surface area contributed by atoms with Crippen molar-refractivity contribution in [3.8, 4) is 22.3 Å². The number of halogens is 7. The fraction of sp³-hybridized carbons (Fsp3) is 0.231. The van der Waals surface area contributed by atoms with Crippen LogP contribution in [0.5, 0.6) is 0 Å². The van der Waals surface area contributed by atoms with Crippen LogP contribution in [-0.4, -0.2) is 52.8 Å². The maximum atomic E-state index is 12.3. The van der Waals surface area contributed by atoms with Gasteiger partial charge in [-0.1, -0.05) is 35.9 Å². The number of nitrogens with zero attached hydrogens (tertiary/aromatic N) is 4. The van der Waals surface area contributed by atoms with Crippen molar-refractivity contribution >= 4 is 38.9 Å². The smallest absolute Gasteiger partial charge is 0.394 e. The molecular weight excluding hydrogens is 660 g/mol. The summed E-state index contributed by atoms with van der Waals surface area (Å²) in [5, 5.41) is 6.72. The van der Waals surface area contributed by atoms with Gasteiger partial charge in [0.25, 0.3) is 11.1 Å². The first-order valence-electron chi connectivity index (χ1n) is 12.0. The average molecular weight is 682 g/mol. The van der Waals surface area contributed by atoms with Gasteiger partial charge < -0.3 is 5.73 Å². The molecule has 0 unspecified atom stereocenters. The zero-order valence-corrected chi connectivity index (χ0v) is 25.0. The summed E-state index contributed by atoms with van der Waals surface area (Å²) < 4.78 is 97.2. The van der Waals surface area contributed by atoms with Crippen molar-refractivity contribution in [1.29, 1.82) is 0 Å². The lowest BCUT2D eigenvalue weighted by Gasteiger charge is -2.11. The minimum Gasteiger partial charge on any atom is -0.394 e. The van der Waals surface area contributed by atoms with E-state index in [1.54, 1.807) is 23.9 Å². The van der Waals surface area contributed by atoms with Crippen molar-refractivity contribution in [3.05, 3.63) is 86.7 Å². The van der Waals surface area contributed by atoms with Crippen LogP contribution < -0.4 is 16.9 Å². The van der Waals surface area contributed by atoms with Gasteiger partial charge in [-0.3, -0.25) is 9.59 Å². The number of nitrogens with two attached hydrogens (primary N) is 1. The van der Waals surface area contributed by atoms with Crippen LogP contribution in [0.1, 0.15) is 0 Å². The van der Waals surface area contributed by atoms with Gasteiger partial charge in [-0.2, -0.15) is 36.5 Å². The van der Waals surface area contributed by atoms with Gasteiger partial charge in [0.15, 0.2) is 9.84 Å². The predicted molar refractivity (Wildman–Crippen MR) is 154 cm³/mol. The number of anilines is 1. The molecule has 0 aliphatic rings. The van der Waals surface area contributed by atoms with Crippen LogP contribution >= 0.6 is 23.4 Å². The van der Waals surface area contributed by atoms with Gasteiger partial charge in [0, 0.05) is 22.3 Å². The molecule has 2 N–H and O–H groups in total. The average Bonchev–Trinajstić information content (AvgIpc) is 2.93. The number of thioether (sulfide) groups is 1. The maximum Gasteiger partial charge on any atom is 0.408 e. The van der Waals surface area contributed by atoms with Crippen LogP contribution in [0.15, 0.2) is 80.3 Å². The second kappa shape index (κ2) is 13.4. The van der Waals surface area contributed by atoms with E-state index in [4.69, 9.17) is 17.3 Å². The molecule has 236 valence electrons. The summed E-state index contributed by atoms with van der Waals surface area (Å²) in [7, 11) is -3.38. The summed E-state index contributed by atoms with van der Waals surface area (Å²) in [4.78, 5) is 24.8. The van der Waals surface area contributed by atoms with E-state index in [-0.39, 0.29) is 20.2 Å². The molecule has 4 rings (SSSR count). The first-order valence-corrected chi connectivity index (χ1v) is 15.5. The quantitative estimate of drug-likeness (QED) is 0.214. The van der Waals surface area contributed by atoms with E-state index >= 15 is 0 Å². The molecule has 18 heteroatoms. The van der Waals surface area contributed by atoms with Crippen molar-refractivity contribution in [1.82, 2.24) is 19.6 Å². The predicted octanol–water partition coefficient (Wildman–Crippen LogP) is 5.31.